The van der Waals surface area contributed by atoms with E-state index in [1.807, 2.05) is 6.92 Å². The minimum atomic E-state index is -0.227. The van der Waals surface area contributed by atoms with E-state index < -0.39 is 0 Å². The fraction of sp³-hybridized carbons (Fsp3) is 0.769. The monoisotopic (exact) mass is 209 g/mol. The van der Waals surface area contributed by atoms with Crippen molar-refractivity contribution in [1.29, 1.82) is 0 Å². The molecule has 2 N–H and O–H groups in total. The van der Waals surface area contributed by atoms with E-state index in [4.69, 9.17) is 5.73 Å². The van der Waals surface area contributed by atoms with Crippen molar-refractivity contribution < 1.29 is 4.79 Å². The lowest BCUT2D eigenvalue weighted by atomic mass is 9.75. The summed E-state index contributed by atoms with van der Waals surface area (Å²) in [5.41, 5.74) is 6.56. The van der Waals surface area contributed by atoms with E-state index in [9.17, 15) is 4.79 Å². The van der Waals surface area contributed by atoms with Crippen molar-refractivity contribution in [3.8, 4) is 0 Å². The molecule has 0 aromatic rings. The topological polar surface area (TPSA) is 43.1 Å². The molecule has 0 bridgehead atoms. The summed E-state index contributed by atoms with van der Waals surface area (Å²) in [7, 11) is 0. The van der Waals surface area contributed by atoms with Gasteiger partial charge in [0.15, 0.2) is 0 Å². The van der Waals surface area contributed by atoms with Crippen LogP contribution in [0.15, 0.2) is 12.2 Å². The molecule has 1 fully saturated rings. The zero-order valence-corrected chi connectivity index (χ0v) is 9.85. The number of ketones is 1. The Balaban J connectivity index is 2.72. The molecule has 0 spiro atoms. The highest BCUT2D eigenvalue weighted by Gasteiger charge is 2.36. The Morgan fingerprint density at radius 3 is 2.20 bits per heavy atom. The van der Waals surface area contributed by atoms with E-state index in [2.05, 4.69) is 6.58 Å². The van der Waals surface area contributed by atoms with Gasteiger partial charge in [0.05, 0.1) is 0 Å². The Kier molecular flexibility index (Phi) is 4.52. The molecule has 0 aromatic carbocycles. The molecule has 0 unspecified atom stereocenters. The summed E-state index contributed by atoms with van der Waals surface area (Å²) in [4.78, 5) is 12.2. The van der Waals surface area contributed by atoms with Gasteiger partial charge in [0, 0.05) is 18.4 Å². The van der Waals surface area contributed by atoms with E-state index in [0.29, 0.717) is 18.7 Å². The first-order valence-corrected chi connectivity index (χ1v) is 5.98. The molecule has 1 aliphatic carbocycles. The summed E-state index contributed by atoms with van der Waals surface area (Å²) in [6.45, 7) is 6.25. The van der Waals surface area contributed by atoms with E-state index in [0.717, 1.165) is 31.3 Å². The predicted molar refractivity (Wildman–Crippen MR) is 63.6 cm³/mol. The lowest BCUT2D eigenvalue weighted by molar-refractivity contribution is -0.128. The molecule has 1 aliphatic rings. The van der Waals surface area contributed by atoms with Gasteiger partial charge in [-0.25, -0.2) is 0 Å². The van der Waals surface area contributed by atoms with Crippen molar-refractivity contribution in [1.82, 2.24) is 0 Å². The third-order valence-corrected chi connectivity index (χ3v) is 3.51. The lowest BCUT2D eigenvalue weighted by Gasteiger charge is -2.29. The van der Waals surface area contributed by atoms with Crippen molar-refractivity contribution in [2.24, 2.45) is 11.1 Å². The molecule has 2 heteroatoms. The molecule has 0 aromatic heterocycles. The number of hydrogen-bond acceptors (Lipinski definition) is 2. The first kappa shape index (κ1) is 12.4. The molecule has 1 saturated carbocycles. The zero-order chi connectivity index (χ0) is 11.3. The number of carbonyl (C=O) groups is 1. The van der Waals surface area contributed by atoms with E-state index in [-0.39, 0.29) is 5.41 Å². The molecule has 1 rings (SSSR count). The van der Waals surface area contributed by atoms with E-state index >= 15 is 0 Å². The van der Waals surface area contributed by atoms with Gasteiger partial charge in [-0.1, -0.05) is 37.8 Å². The summed E-state index contributed by atoms with van der Waals surface area (Å²) < 4.78 is 0. The average molecular weight is 209 g/mol. The van der Waals surface area contributed by atoms with Gasteiger partial charge in [-0.2, -0.15) is 0 Å². The fourth-order valence-corrected chi connectivity index (χ4v) is 2.46. The maximum absolute atomic E-state index is 12.2. The van der Waals surface area contributed by atoms with Gasteiger partial charge in [-0.3, -0.25) is 4.79 Å². The lowest BCUT2D eigenvalue weighted by Crippen LogP contribution is -2.38. The van der Waals surface area contributed by atoms with Crippen LogP contribution >= 0.6 is 0 Å². The Morgan fingerprint density at radius 2 is 1.80 bits per heavy atom. The molecule has 0 radical (unpaired) electrons. The van der Waals surface area contributed by atoms with Gasteiger partial charge in [-0.05, 0) is 19.8 Å². The van der Waals surface area contributed by atoms with Crippen molar-refractivity contribution in [2.45, 2.75) is 51.9 Å². The molecule has 2 nitrogen and oxygen atoms in total. The molecule has 0 atom stereocenters. The van der Waals surface area contributed by atoms with Gasteiger partial charge < -0.3 is 5.73 Å². The van der Waals surface area contributed by atoms with Crippen LogP contribution in [-0.2, 0) is 4.79 Å². The Morgan fingerprint density at radius 1 is 1.27 bits per heavy atom. The normalized spacial score (nSPS) is 20.7. The maximum Gasteiger partial charge on any atom is 0.144 e. The van der Waals surface area contributed by atoms with Crippen molar-refractivity contribution in [3.63, 3.8) is 0 Å². The molecule has 0 saturated heterocycles. The molecule has 86 valence electrons. The van der Waals surface area contributed by atoms with Gasteiger partial charge in [0.1, 0.15) is 5.78 Å². The van der Waals surface area contributed by atoms with Crippen LogP contribution in [0.3, 0.4) is 0 Å². The highest BCUT2D eigenvalue weighted by molar-refractivity contribution is 5.86. The van der Waals surface area contributed by atoms with Gasteiger partial charge in [-0.15, -0.1) is 0 Å². The first-order valence-electron chi connectivity index (χ1n) is 5.98. The molecular weight excluding hydrogens is 186 g/mol. The minimum absolute atomic E-state index is 0.227. The van der Waals surface area contributed by atoms with Crippen LogP contribution in [0.25, 0.3) is 0 Å². The molecule has 0 amide bonds. The second-order valence-corrected chi connectivity index (χ2v) is 4.96. The van der Waals surface area contributed by atoms with E-state index in [1.165, 1.54) is 12.8 Å². The second kappa shape index (κ2) is 5.45. The second-order valence-electron chi connectivity index (χ2n) is 4.96. The van der Waals surface area contributed by atoms with Gasteiger partial charge in [0.2, 0.25) is 0 Å². The van der Waals surface area contributed by atoms with Crippen molar-refractivity contribution in [2.75, 3.05) is 6.54 Å². The Labute approximate surface area is 92.9 Å². The highest BCUT2D eigenvalue weighted by atomic mass is 16.1. The summed E-state index contributed by atoms with van der Waals surface area (Å²) in [6, 6.07) is 0. The highest BCUT2D eigenvalue weighted by Crippen LogP contribution is 2.36. The summed E-state index contributed by atoms with van der Waals surface area (Å²) in [5, 5.41) is 0. The quantitative estimate of drug-likeness (QED) is 0.571. The molecule has 15 heavy (non-hydrogen) atoms. The van der Waals surface area contributed by atoms with Crippen molar-refractivity contribution >= 4 is 5.78 Å². The summed E-state index contributed by atoms with van der Waals surface area (Å²) in [6.07, 6.45) is 7.28. The van der Waals surface area contributed by atoms with Gasteiger partial charge in [0.25, 0.3) is 0 Å². The fourth-order valence-electron chi connectivity index (χ4n) is 2.46. The van der Waals surface area contributed by atoms with Crippen LogP contribution in [0.4, 0.5) is 0 Å². The number of hydrogen-bond donors (Lipinski definition) is 1. The Hall–Kier alpha value is -0.630. The van der Waals surface area contributed by atoms with Crippen LogP contribution < -0.4 is 5.73 Å². The number of allylic oxidation sites excluding steroid dienone is 1. The number of Topliss-reactive ketones (excluding diaryl/α,β-unsaturated/α-hetero) is 1. The predicted octanol–water partition coefficient (Wildman–Crippen LogP) is 2.82. The van der Waals surface area contributed by atoms with Crippen molar-refractivity contribution in [3.05, 3.63) is 12.2 Å². The maximum atomic E-state index is 12.2. The SMILES string of the molecule is C=C(C)CC(=O)C1(CN)CCCCCC1. The molecular formula is C13H23NO. The third kappa shape index (κ3) is 3.16. The summed E-state index contributed by atoms with van der Waals surface area (Å²) in [5.74, 6) is 0.319. The van der Waals surface area contributed by atoms with Crippen LogP contribution in [0.5, 0.6) is 0 Å². The van der Waals surface area contributed by atoms with Gasteiger partial charge >= 0.3 is 0 Å². The van der Waals surface area contributed by atoms with E-state index in [1.54, 1.807) is 0 Å². The van der Waals surface area contributed by atoms with Crippen LogP contribution in [0.2, 0.25) is 0 Å². The first-order chi connectivity index (χ1) is 7.10. The van der Waals surface area contributed by atoms with Crippen LogP contribution in [-0.4, -0.2) is 12.3 Å². The third-order valence-electron chi connectivity index (χ3n) is 3.51. The Bertz CT molecular complexity index is 237. The van der Waals surface area contributed by atoms with Crippen LogP contribution in [0, 0.1) is 5.41 Å². The number of nitrogens with two attached hydrogens (primary N) is 1. The van der Waals surface area contributed by atoms with Crippen LogP contribution in [0.1, 0.15) is 51.9 Å². The molecule has 0 heterocycles. The number of carbonyl (C=O) groups excluding carboxylic acids is 1. The largest absolute Gasteiger partial charge is 0.329 e. The zero-order valence-electron chi connectivity index (χ0n) is 9.85. The summed E-state index contributed by atoms with van der Waals surface area (Å²) >= 11 is 0. The average Bonchev–Trinajstić information content (AvgIpc) is 2.42. The number of rotatable bonds is 4. The standard InChI is InChI=1S/C13H23NO/c1-11(2)9-12(15)13(10-14)7-5-3-4-6-8-13/h1,3-10,14H2,2H3. The minimum Gasteiger partial charge on any atom is -0.329 e. The molecule has 0 aliphatic heterocycles. The smallest absolute Gasteiger partial charge is 0.144 e.